The SMILES string of the molecule is CCc1ccc(C[P+](c2ccccc2)(c2ccccc2)c2ccccc2)cc1C(=O)OC.[Cl-]. The molecule has 0 bridgehead atoms. The minimum absolute atomic E-state index is 0. The van der Waals surface area contributed by atoms with Crippen LogP contribution in [-0.4, -0.2) is 13.1 Å². The normalized spacial score (nSPS) is 10.8. The summed E-state index contributed by atoms with van der Waals surface area (Å²) in [5, 5.41) is 3.99. The summed E-state index contributed by atoms with van der Waals surface area (Å²) in [5.41, 5.74) is 2.83. The Balaban J connectivity index is 0.00000306. The number of halogens is 1. The molecule has 0 spiro atoms. The van der Waals surface area contributed by atoms with E-state index in [-0.39, 0.29) is 18.4 Å². The second-order valence-electron chi connectivity index (χ2n) is 7.81. The Morgan fingerprint density at radius 3 is 1.58 bits per heavy atom. The van der Waals surface area contributed by atoms with Crippen LogP contribution in [0, 0.1) is 0 Å². The number of carbonyl (C=O) groups is 1. The zero-order valence-electron chi connectivity index (χ0n) is 18.9. The summed E-state index contributed by atoms with van der Waals surface area (Å²) in [6.45, 7) is 2.07. The molecule has 4 heteroatoms. The lowest BCUT2D eigenvalue weighted by Gasteiger charge is -2.28. The topological polar surface area (TPSA) is 26.3 Å². The zero-order chi connectivity index (χ0) is 22.4. The van der Waals surface area contributed by atoms with Crippen LogP contribution in [0.15, 0.2) is 109 Å². The molecule has 4 aromatic carbocycles. The number of benzene rings is 4. The maximum absolute atomic E-state index is 12.5. The molecule has 33 heavy (non-hydrogen) atoms. The van der Waals surface area contributed by atoms with Crippen LogP contribution >= 0.6 is 7.26 Å². The number of methoxy groups -OCH3 is 1. The van der Waals surface area contributed by atoms with Crippen molar-refractivity contribution >= 4 is 29.1 Å². The number of rotatable bonds is 7. The molecule has 0 aromatic heterocycles. The molecule has 0 N–H and O–H groups in total. The van der Waals surface area contributed by atoms with Crippen LogP contribution in [0.1, 0.15) is 28.4 Å². The minimum Gasteiger partial charge on any atom is -1.00 e. The molecule has 0 unspecified atom stereocenters. The number of ether oxygens (including phenoxy) is 1. The molecule has 4 aromatic rings. The van der Waals surface area contributed by atoms with Crippen molar-refractivity contribution in [3.05, 3.63) is 126 Å². The van der Waals surface area contributed by atoms with Crippen LogP contribution in [0.2, 0.25) is 0 Å². The van der Waals surface area contributed by atoms with E-state index in [2.05, 4.69) is 110 Å². The molecule has 168 valence electrons. The van der Waals surface area contributed by atoms with Gasteiger partial charge in [0.2, 0.25) is 0 Å². The van der Waals surface area contributed by atoms with E-state index in [1.807, 2.05) is 6.07 Å². The number of hydrogen-bond acceptors (Lipinski definition) is 2. The predicted octanol–water partition coefficient (Wildman–Crippen LogP) is 2.53. The third-order valence-corrected chi connectivity index (χ3v) is 10.3. The highest BCUT2D eigenvalue weighted by atomic mass is 35.5. The van der Waals surface area contributed by atoms with Gasteiger partial charge < -0.3 is 17.1 Å². The summed E-state index contributed by atoms with van der Waals surface area (Å²) in [4.78, 5) is 12.5. The van der Waals surface area contributed by atoms with Crippen molar-refractivity contribution in [3.8, 4) is 0 Å². The molecule has 0 amide bonds. The second-order valence-corrected chi connectivity index (χ2v) is 11.3. The predicted molar refractivity (Wildman–Crippen MR) is 136 cm³/mol. The van der Waals surface area contributed by atoms with Gasteiger partial charge in [0.05, 0.1) is 18.8 Å². The van der Waals surface area contributed by atoms with Gasteiger partial charge in [-0.1, -0.05) is 73.7 Å². The highest BCUT2D eigenvalue weighted by molar-refractivity contribution is 7.95. The van der Waals surface area contributed by atoms with Crippen molar-refractivity contribution in [1.29, 1.82) is 0 Å². The van der Waals surface area contributed by atoms with Crippen LogP contribution in [-0.2, 0) is 17.3 Å². The highest BCUT2D eigenvalue weighted by Gasteiger charge is 2.45. The van der Waals surface area contributed by atoms with Gasteiger partial charge in [0.25, 0.3) is 0 Å². The lowest BCUT2D eigenvalue weighted by Crippen LogP contribution is -3.00. The van der Waals surface area contributed by atoms with E-state index >= 15 is 0 Å². The lowest BCUT2D eigenvalue weighted by atomic mass is 10.0. The van der Waals surface area contributed by atoms with Gasteiger partial charge in [0.1, 0.15) is 23.2 Å². The minimum atomic E-state index is -2.01. The number of carbonyl (C=O) groups excluding carboxylic acids is 1. The molecule has 2 nitrogen and oxygen atoms in total. The van der Waals surface area contributed by atoms with Crippen LogP contribution in [0.4, 0.5) is 0 Å². The zero-order valence-corrected chi connectivity index (χ0v) is 20.6. The maximum Gasteiger partial charge on any atom is 0.338 e. The first-order valence-electron chi connectivity index (χ1n) is 10.9. The molecular weight excluding hydrogens is 447 g/mol. The molecular formula is C29H28ClO2P. The molecule has 0 heterocycles. The first-order chi connectivity index (χ1) is 15.7. The molecule has 0 atom stereocenters. The first kappa shape index (κ1) is 24.7. The van der Waals surface area contributed by atoms with E-state index in [0.29, 0.717) is 5.56 Å². The molecule has 0 aliphatic rings. The summed E-state index contributed by atoms with van der Waals surface area (Å²) in [6, 6.07) is 38.7. The van der Waals surface area contributed by atoms with Crippen molar-refractivity contribution in [2.24, 2.45) is 0 Å². The number of aryl methyl sites for hydroxylation is 1. The van der Waals surface area contributed by atoms with E-state index in [0.717, 1.165) is 23.7 Å². The lowest BCUT2D eigenvalue weighted by molar-refractivity contribution is -0.0000210. The van der Waals surface area contributed by atoms with Gasteiger partial charge in [-0.2, -0.15) is 0 Å². The molecule has 0 aliphatic carbocycles. The smallest absolute Gasteiger partial charge is 0.338 e. The molecule has 0 fully saturated rings. The van der Waals surface area contributed by atoms with Gasteiger partial charge in [-0.15, -0.1) is 0 Å². The molecule has 0 aliphatic heterocycles. The second kappa shape index (κ2) is 11.3. The van der Waals surface area contributed by atoms with Gasteiger partial charge in [0.15, 0.2) is 0 Å². The monoisotopic (exact) mass is 474 g/mol. The molecule has 0 saturated carbocycles. The van der Waals surface area contributed by atoms with Crippen molar-refractivity contribution in [2.75, 3.05) is 7.11 Å². The molecule has 0 radical (unpaired) electrons. The third kappa shape index (κ3) is 5.03. The average molecular weight is 475 g/mol. The van der Waals surface area contributed by atoms with Gasteiger partial charge in [0, 0.05) is 0 Å². The van der Waals surface area contributed by atoms with E-state index in [4.69, 9.17) is 4.74 Å². The van der Waals surface area contributed by atoms with Crippen molar-refractivity contribution < 1.29 is 21.9 Å². The van der Waals surface area contributed by atoms with Crippen LogP contribution in [0.5, 0.6) is 0 Å². The molecule has 0 saturated heterocycles. The van der Waals surface area contributed by atoms with Gasteiger partial charge in [-0.25, -0.2) is 4.79 Å². The van der Waals surface area contributed by atoms with Crippen LogP contribution in [0.3, 0.4) is 0 Å². The van der Waals surface area contributed by atoms with Gasteiger partial charge in [-0.05, 0) is 60.0 Å². The summed E-state index contributed by atoms with van der Waals surface area (Å²) in [6.07, 6.45) is 1.63. The van der Waals surface area contributed by atoms with E-state index < -0.39 is 7.26 Å². The summed E-state index contributed by atoms with van der Waals surface area (Å²) >= 11 is 0. The van der Waals surface area contributed by atoms with E-state index in [1.165, 1.54) is 23.0 Å². The van der Waals surface area contributed by atoms with Gasteiger partial charge in [-0.3, -0.25) is 0 Å². The molecule has 4 rings (SSSR count). The Labute approximate surface area is 203 Å². The largest absolute Gasteiger partial charge is 1.00 e. The van der Waals surface area contributed by atoms with Crippen molar-refractivity contribution in [3.63, 3.8) is 0 Å². The summed E-state index contributed by atoms with van der Waals surface area (Å²) in [5.74, 6) is -0.272. The Morgan fingerprint density at radius 2 is 1.18 bits per heavy atom. The quantitative estimate of drug-likeness (QED) is 0.304. The Bertz CT molecular complexity index is 1080. The summed E-state index contributed by atoms with van der Waals surface area (Å²) in [7, 11) is -0.561. The third-order valence-electron chi connectivity index (χ3n) is 5.97. The summed E-state index contributed by atoms with van der Waals surface area (Å²) < 4.78 is 5.09. The van der Waals surface area contributed by atoms with Crippen LogP contribution < -0.4 is 28.3 Å². The van der Waals surface area contributed by atoms with Crippen molar-refractivity contribution in [2.45, 2.75) is 19.5 Å². The first-order valence-corrected chi connectivity index (χ1v) is 12.9. The maximum atomic E-state index is 12.5. The standard InChI is InChI=1S/C29H28O2P.ClH/c1-3-24-20-19-23(21-28(24)29(30)31-2)22-32(25-13-7-4-8-14-25,26-15-9-5-10-16-26)27-17-11-6-12-18-27;/h4-21H,3,22H2,1-2H3;1H/q+1;/p-1. The fourth-order valence-corrected chi connectivity index (χ4v) is 8.60. The Morgan fingerprint density at radius 1 is 0.727 bits per heavy atom. The average Bonchev–Trinajstić information content (AvgIpc) is 2.88. The Hall–Kier alpha value is -2.93. The van der Waals surface area contributed by atoms with Crippen LogP contribution in [0.25, 0.3) is 0 Å². The van der Waals surface area contributed by atoms with Crippen molar-refractivity contribution in [1.82, 2.24) is 0 Å². The number of esters is 1. The Kier molecular flexibility index (Phi) is 8.44. The fourth-order valence-electron chi connectivity index (χ4n) is 4.37. The van der Waals surface area contributed by atoms with E-state index in [9.17, 15) is 4.79 Å². The number of hydrogen-bond donors (Lipinski definition) is 0. The highest BCUT2D eigenvalue weighted by Crippen LogP contribution is 2.58. The van der Waals surface area contributed by atoms with E-state index in [1.54, 1.807) is 0 Å². The fraction of sp³-hybridized carbons (Fsp3) is 0.138. The van der Waals surface area contributed by atoms with Gasteiger partial charge >= 0.3 is 5.97 Å².